The summed E-state index contributed by atoms with van der Waals surface area (Å²) in [7, 11) is 1.67. The summed E-state index contributed by atoms with van der Waals surface area (Å²) >= 11 is 0. The molecule has 23 heavy (non-hydrogen) atoms. The lowest BCUT2D eigenvalue weighted by atomic mass is 9.87. The maximum Gasteiger partial charge on any atom is 0.242 e. The number of fused-ring (bicyclic) bond motifs is 1. The summed E-state index contributed by atoms with van der Waals surface area (Å²) in [6.07, 6.45) is 3.01. The number of benzene rings is 1. The summed E-state index contributed by atoms with van der Waals surface area (Å²) < 4.78 is 6.81. The maximum absolute atomic E-state index is 12.3. The van der Waals surface area contributed by atoms with Crippen molar-refractivity contribution in [1.29, 1.82) is 0 Å². The van der Waals surface area contributed by atoms with Gasteiger partial charge < -0.3 is 15.8 Å². The molecule has 0 fully saturated rings. The molecule has 1 aromatic carbocycles. The van der Waals surface area contributed by atoms with E-state index in [9.17, 15) is 4.79 Å². The van der Waals surface area contributed by atoms with Gasteiger partial charge in [0, 0.05) is 6.07 Å². The summed E-state index contributed by atoms with van der Waals surface area (Å²) in [6, 6.07) is 7.84. The summed E-state index contributed by atoms with van der Waals surface area (Å²) in [5, 5.41) is 7.33. The summed E-state index contributed by atoms with van der Waals surface area (Å²) in [5.41, 5.74) is 9.07. The van der Waals surface area contributed by atoms with Crippen molar-refractivity contribution in [3.8, 4) is 5.75 Å². The fourth-order valence-corrected chi connectivity index (χ4v) is 3.14. The highest BCUT2D eigenvalue weighted by molar-refractivity contribution is 5.76. The lowest BCUT2D eigenvalue weighted by Gasteiger charge is -2.27. The van der Waals surface area contributed by atoms with Crippen LogP contribution < -0.4 is 15.8 Å². The predicted molar refractivity (Wildman–Crippen MR) is 88.2 cm³/mol. The molecule has 3 rings (SSSR count). The van der Waals surface area contributed by atoms with Gasteiger partial charge in [0.15, 0.2) is 0 Å². The predicted octanol–water partition coefficient (Wildman–Crippen LogP) is 1.98. The van der Waals surface area contributed by atoms with Gasteiger partial charge in [-0.15, -0.1) is 0 Å². The molecule has 122 valence electrons. The molecule has 1 amide bonds. The van der Waals surface area contributed by atoms with Crippen molar-refractivity contribution in [2.24, 2.45) is 0 Å². The Kier molecular flexibility index (Phi) is 4.23. The van der Waals surface area contributed by atoms with E-state index in [4.69, 9.17) is 10.5 Å². The number of methoxy groups -OCH3 is 1. The first-order valence-corrected chi connectivity index (χ1v) is 7.83. The average Bonchev–Trinajstić information content (AvgIpc) is 2.84. The summed E-state index contributed by atoms with van der Waals surface area (Å²) in [5.74, 6) is 1.29. The van der Waals surface area contributed by atoms with Gasteiger partial charge in [-0.3, -0.25) is 4.79 Å². The van der Waals surface area contributed by atoms with Crippen LogP contribution in [0.3, 0.4) is 0 Å². The maximum atomic E-state index is 12.3. The van der Waals surface area contributed by atoms with Crippen LogP contribution in [0, 0.1) is 6.92 Å². The number of aromatic nitrogens is 2. The third-order valence-corrected chi connectivity index (χ3v) is 4.23. The van der Waals surface area contributed by atoms with E-state index < -0.39 is 0 Å². The number of hydrogen-bond acceptors (Lipinski definition) is 4. The van der Waals surface area contributed by atoms with Crippen molar-refractivity contribution >= 4 is 11.7 Å². The van der Waals surface area contributed by atoms with Crippen molar-refractivity contribution in [2.75, 3.05) is 12.8 Å². The minimum atomic E-state index is -0.0755. The Hall–Kier alpha value is -2.50. The van der Waals surface area contributed by atoms with Crippen LogP contribution in [0.4, 0.5) is 5.82 Å². The highest BCUT2D eigenvalue weighted by Crippen LogP contribution is 2.32. The van der Waals surface area contributed by atoms with E-state index in [2.05, 4.69) is 16.5 Å². The largest absolute Gasteiger partial charge is 0.497 e. The number of hydrogen-bond donors (Lipinski definition) is 2. The number of nitrogens with one attached hydrogen (secondary N) is 1. The van der Waals surface area contributed by atoms with Crippen molar-refractivity contribution in [3.05, 3.63) is 41.1 Å². The van der Waals surface area contributed by atoms with Crippen molar-refractivity contribution < 1.29 is 9.53 Å². The number of nitrogens with zero attached hydrogens (tertiary/aromatic N) is 2. The average molecular weight is 314 g/mol. The van der Waals surface area contributed by atoms with Gasteiger partial charge >= 0.3 is 0 Å². The Labute approximate surface area is 135 Å². The van der Waals surface area contributed by atoms with Gasteiger partial charge in [0.05, 0.1) is 18.8 Å². The second-order valence-corrected chi connectivity index (χ2v) is 5.95. The standard InChI is InChI=1S/C17H22N4O2/c1-11-8-16(18)21(20-11)10-17(22)19-15-5-3-4-12-9-13(23-2)6-7-14(12)15/h6-9,15H,3-5,10,18H2,1-2H3,(H,19,22)/t15-/m0/s1. The third-order valence-electron chi connectivity index (χ3n) is 4.23. The van der Waals surface area contributed by atoms with E-state index in [0.717, 1.165) is 30.7 Å². The van der Waals surface area contributed by atoms with Gasteiger partial charge in [0.1, 0.15) is 18.1 Å². The van der Waals surface area contributed by atoms with Crippen molar-refractivity contribution in [1.82, 2.24) is 15.1 Å². The van der Waals surface area contributed by atoms with E-state index in [-0.39, 0.29) is 18.5 Å². The number of ether oxygens (including phenoxy) is 1. The normalized spacial score (nSPS) is 16.7. The zero-order valence-electron chi connectivity index (χ0n) is 13.5. The highest BCUT2D eigenvalue weighted by Gasteiger charge is 2.22. The van der Waals surface area contributed by atoms with Crippen molar-refractivity contribution in [2.45, 2.75) is 38.8 Å². The first-order chi connectivity index (χ1) is 11.1. The van der Waals surface area contributed by atoms with Gasteiger partial charge in [-0.1, -0.05) is 6.07 Å². The Morgan fingerprint density at radius 2 is 2.30 bits per heavy atom. The zero-order valence-corrected chi connectivity index (χ0v) is 13.5. The Balaban J connectivity index is 1.71. The Morgan fingerprint density at radius 3 is 3.00 bits per heavy atom. The van der Waals surface area contributed by atoms with E-state index in [1.807, 2.05) is 19.1 Å². The molecule has 1 aliphatic carbocycles. The number of nitrogen functional groups attached to an aromatic ring is 1. The van der Waals surface area contributed by atoms with Crippen LogP contribution >= 0.6 is 0 Å². The number of nitrogens with two attached hydrogens (primary N) is 1. The molecular weight excluding hydrogens is 292 g/mol. The molecule has 2 aromatic rings. The molecule has 1 aliphatic rings. The molecule has 6 nitrogen and oxygen atoms in total. The summed E-state index contributed by atoms with van der Waals surface area (Å²) in [4.78, 5) is 12.3. The highest BCUT2D eigenvalue weighted by atomic mass is 16.5. The van der Waals surface area contributed by atoms with Crippen LogP contribution in [0.15, 0.2) is 24.3 Å². The van der Waals surface area contributed by atoms with Gasteiger partial charge in [-0.2, -0.15) is 5.10 Å². The van der Waals surface area contributed by atoms with E-state index in [1.54, 1.807) is 13.2 Å². The van der Waals surface area contributed by atoms with Crippen LogP contribution in [0.25, 0.3) is 0 Å². The monoisotopic (exact) mass is 314 g/mol. The molecule has 1 atom stereocenters. The number of carbonyl (C=O) groups excluding carboxylic acids is 1. The number of anilines is 1. The molecule has 0 saturated carbocycles. The van der Waals surface area contributed by atoms with Crippen molar-refractivity contribution in [3.63, 3.8) is 0 Å². The first kappa shape index (κ1) is 15.4. The molecule has 1 heterocycles. The molecule has 1 aromatic heterocycles. The fraction of sp³-hybridized carbons (Fsp3) is 0.412. The number of aryl methyl sites for hydroxylation is 2. The molecule has 3 N–H and O–H groups in total. The Morgan fingerprint density at radius 1 is 1.48 bits per heavy atom. The second-order valence-electron chi connectivity index (χ2n) is 5.95. The molecule has 0 saturated heterocycles. The lowest BCUT2D eigenvalue weighted by Crippen LogP contribution is -2.34. The van der Waals surface area contributed by atoms with Crippen LogP contribution in [0.5, 0.6) is 5.75 Å². The third kappa shape index (κ3) is 3.31. The van der Waals surface area contributed by atoms with E-state index >= 15 is 0 Å². The van der Waals surface area contributed by atoms with Crippen LogP contribution in [-0.4, -0.2) is 22.8 Å². The SMILES string of the molecule is COc1ccc2c(c1)CCC[C@@H]2NC(=O)Cn1nc(C)cc1N. The Bertz CT molecular complexity index is 723. The van der Waals surface area contributed by atoms with Crippen LogP contribution in [-0.2, 0) is 17.8 Å². The fourth-order valence-electron chi connectivity index (χ4n) is 3.14. The van der Waals surface area contributed by atoms with Crippen LogP contribution in [0.2, 0.25) is 0 Å². The molecule has 0 spiro atoms. The zero-order chi connectivity index (χ0) is 16.4. The quantitative estimate of drug-likeness (QED) is 0.904. The molecule has 6 heteroatoms. The second kappa shape index (κ2) is 6.32. The molecule has 0 bridgehead atoms. The number of rotatable bonds is 4. The molecule has 0 unspecified atom stereocenters. The minimum Gasteiger partial charge on any atom is -0.497 e. The molecule has 0 aliphatic heterocycles. The number of carbonyl (C=O) groups is 1. The lowest BCUT2D eigenvalue weighted by molar-refractivity contribution is -0.122. The van der Waals surface area contributed by atoms with Gasteiger partial charge in [-0.05, 0) is 49.4 Å². The van der Waals surface area contributed by atoms with Gasteiger partial charge in [0.25, 0.3) is 0 Å². The topological polar surface area (TPSA) is 82.2 Å². The van der Waals surface area contributed by atoms with Crippen LogP contribution in [0.1, 0.15) is 35.7 Å². The van der Waals surface area contributed by atoms with Gasteiger partial charge in [0.2, 0.25) is 5.91 Å². The molecular formula is C17H22N4O2. The number of amides is 1. The molecule has 0 radical (unpaired) electrons. The smallest absolute Gasteiger partial charge is 0.242 e. The van der Waals surface area contributed by atoms with E-state index in [1.165, 1.54) is 15.8 Å². The first-order valence-electron chi connectivity index (χ1n) is 7.83. The van der Waals surface area contributed by atoms with E-state index in [0.29, 0.717) is 5.82 Å². The summed E-state index contributed by atoms with van der Waals surface area (Å²) in [6.45, 7) is 2.00. The van der Waals surface area contributed by atoms with Gasteiger partial charge in [-0.25, -0.2) is 4.68 Å². The minimum absolute atomic E-state index is 0.0371.